The smallest absolute Gasteiger partial charge is 0.212 e. The van der Waals surface area contributed by atoms with Gasteiger partial charge in [0.05, 0.1) is 52.0 Å². The van der Waals surface area contributed by atoms with Crippen LogP contribution in [0.5, 0.6) is 0 Å². The van der Waals surface area contributed by atoms with Crippen LogP contribution in [-0.4, -0.2) is 112 Å². The molecule has 1 atom stereocenters. The monoisotopic (exact) mass is 597 g/mol. The van der Waals surface area contributed by atoms with Crippen LogP contribution in [0.2, 0.25) is 0 Å². The van der Waals surface area contributed by atoms with Crippen LogP contribution in [0.1, 0.15) is 44.9 Å². The number of nitrogens with zero attached hydrogens (tertiary/aromatic N) is 3. The van der Waals surface area contributed by atoms with Gasteiger partial charge in [-0.25, -0.2) is 4.99 Å². The van der Waals surface area contributed by atoms with E-state index in [1.807, 2.05) is 10.4 Å². The van der Waals surface area contributed by atoms with Crippen molar-refractivity contribution in [3.63, 3.8) is 0 Å². The lowest BCUT2D eigenvalue weighted by Gasteiger charge is -2.30. The van der Waals surface area contributed by atoms with Gasteiger partial charge in [0, 0.05) is 55.7 Å². The number of aliphatic imine (C=N–C) groups is 2. The van der Waals surface area contributed by atoms with Crippen molar-refractivity contribution in [2.24, 2.45) is 27.4 Å². The molecule has 12 nitrogen and oxygen atoms in total. The molecule has 2 aliphatic rings. The standard InChI is InChI=1S/C28H51N7O5S/c29-10-15-38-17-19-40-20-18-39-16-12-31-11-3-21-41(37)35-13-8-27(9-14-35)32-22-26(28(33-23-30)34-24-36)7-6-25-4-1-2-5-25/h6-7,22-25,27,31H,1-5,8-21,29H2,(H2,30,33)(H,34,36)/b7-6-,28-26+,32-22?. The zero-order valence-corrected chi connectivity index (χ0v) is 25.2. The van der Waals surface area contributed by atoms with E-state index >= 15 is 0 Å². The second-order valence-electron chi connectivity index (χ2n) is 9.94. The maximum absolute atomic E-state index is 12.8. The lowest BCUT2D eigenvalue weighted by atomic mass is 10.1. The lowest BCUT2D eigenvalue weighted by Crippen LogP contribution is -2.41. The Bertz CT molecular complexity index is 801. The van der Waals surface area contributed by atoms with E-state index in [1.165, 1.54) is 32.0 Å². The Morgan fingerprint density at radius 2 is 1.68 bits per heavy atom. The van der Waals surface area contributed by atoms with E-state index in [2.05, 4.69) is 21.7 Å². The Morgan fingerprint density at radius 3 is 2.34 bits per heavy atom. The Morgan fingerprint density at radius 1 is 1.00 bits per heavy atom. The minimum Gasteiger partial charge on any atom is -0.598 e. The van der Waals surface area contributed by atoms with E-state index in [1.54, 1.807) is 6.21 Å². The molecule has 0 radical (unpaired) electrons. The average molecular weight is 598 g/mol. The van der Waals surface area contributed by atoms with Gasteiger partial charge < -0.3 is 40.9 Å². The summed E-state index contributed by atoms with van der Waals surface area (Å²) in [4.78, 5) is 20.0. The summed E-state index contributed by atoms with van der Waals surface area (Å²) in [5.74, 6) is 1.56. The Kier molecular flexibility index (Phi) is 20.4. The summed E-state index contributed by atoms with van der Waals surface area (Å²) in [6.45, 7) is 6.93. The Balaban J connectivity index is 1.61. The van der Waals surface area contributed by atoms with Crippen molar-refractivity contribution in [1.29, 1.82) is 0 Å². The summed E-state index contributed by atoms with van der Waals surface area (Å²) in [5.41, 5.74) is 11.6. The van der Waals surface area contributed by atoms with Gasteiger partial charge in [0.2, 0.25) is 6.41 Å². The molecule has 1 saturated heterocycles. The fourth-order valence-corrected chi connectivity index (χ4v) is 5.89. The predicted molar refractivity (Wildman–Crippen MR) is 165 cm³/mol. The van der Waals surface area contributed by atoms with Gasteiger partial charge in [-0.05, 0) is 38.1 Å². The number of hydrogen-bond acceptors (Lipinski definition) is 10. The van der Waals surface area contributed by atoms with E-state index in [9.17, 15) is 9.35 Å². The minimum absolute atomic E-state index is 0.133. The molecule has 0 bridgehead atoms. The molecular formula is C28H51N7O5S. The molecule has 1 amide bonds. The maximum Gasteiger partial charge on any atom is 0.212 e. The second-order valence-corrected chi connectivity index (χ2v) is 11.5. The summed E-state index contributed by atoms with van der Waals surface area (Å²) in [6, 6.07) is 0.133. The van der Waals surface area contributed by atoms with Crippen molar-refractivity contribution >= 4 is 30.3 Å². The second kappa shape index (κ2) is 23.7. The fourth-order valence-electron chi connectivity index (χ4n) is 4.62. The molecule has 0 spiro atoms. The zero-order chi connectivity index (χ0) is 29.4. The van der Waals surface area contributed by atoms with Gasteiger partial charge in [0.15, 0.2) is 0 Å². The molecule has 13 heteroatoms. The normalized spacial score (nSPS) is 19.1. The van der Waals surface area contributed by atoms with Gasteiger partial charge in [-0.1, -0.05) is 25.0 Å². The van der Waals surface area contributed by atoms with Crippen LogP contribution in [-0.2, 0) is 30.4 Å². The van der Waals surface area contributed by atoms with E-state index in [4.69, 9.17) is 30.7 Å². The molecule has 1 unspecified atom stereocenters. The topological polar surface area (TPSA) is 172 Å². The number of piperidine rings is 1. The van der Waals surface area contributed by atoms with Crippen molar-refractivity contribution < 1.29 is 23.6 Å². The summed E-state index contributed by atoms with van der Waals surface area (Å²) in [5, 5.41) is 5.96. The first-order valence-corrected chi connectivity index (χ1v) is 16.1. The number of hydrogen-bond donors (Lipinski definition) is 4. The molecule has 1 saturated carbocycles. The highest BCUT2D eigenvalue weighted by atomic mass is 32.2. The summed E-state index contributed by atoms with van der Waals surface area (Å²) in [6.07, 6.45) is 15.1. The van der Waals surface area contributed by atoms with Gasteiger partial charge >= 0.3 is 0 Å². The van der Waals surface area contributed by atoms with E-state index in [0.717, 1.165) is 51.0 Å². The summed E-state index contributed by atoms with van der Waals surface area (Å²) < 4.78 is 31.0. The molecule has 1 heterocycles. The summed E-state index contributed by atoms with van der Waals surface area (Å²) >= 11 is -0.993. The first kappa shape index (κ1) is 35.4. The molecule has 1 aliphatic heterocycles. The van der Waals surface area contributed by atoms with Crippen LogP contribution in [0, 0.1) is 5.92 Å². The average Bonchev–Trinajstić information content (AvgIpc) is 3.51. The lowest BCUT2D eigenvalue weighted by molar-refractivity contribution is -0.108. The highest BCUT2D eigenvalue weighted by Gasteiger charge is 2.26. The van der Waals surface area contributed by atoms with Crippen LogP contribution in [0.4, 0.5) is 0 Å². The van der Waals surface area contributed by atoms with Gasteiger partial charge in [-0.2, -0.15) is 0 Å². The molecule has 2 rings (SSSR count). The highest BCUT2D eigenvalue weighted by Crippen LogP contribution is 2.26. The fraction of sp³-hybridized carbons (Fsp3) is 0.750. The number of amides is 1. The molecule has 41 heavy (non-hydrogen) atoms. The molecule has 234 valence electrons. The van der Waals surface area contributed by atoms with Gasteiger partial charge in [-0.3, -0.25) is 9.79 Å². The van der Waals surface area contributed by atoms with Gasteiger partial charge in [0.1, 0.15) is 11.6 Å². The first-order chi connectivity index (χ1) is 20.2. The highest BCUT2D eigenvalue weighted by molar-refractivity contribution is 7.89. The number of rotatable bonds is 23. The summed E-state index contributed by atoms with van der Waals surface area (Å²) in [7, 11) is 0. The Labute approximate surface area is 248 Å². The minimum atomic E-state index is -0.993. The third kappa shape index (κ3) is 16.4. The third-order valence-electron chi connectivity index (χ3n) is 6.86. The van der Waals surface area contributed by atoms with Gasteiger partial charge in [0.25, 0.3) is 0 Å². The van der Waals surface area contributed by atoms with Crippen LogP contribution in [0.3, 0.4) is 0 Å². The number of carbonyl (C=O) groups is 1. The molecule has 0 aromatic rings. The van der Waals surface area contributed by atoms with Crippen LogP contribution in [0.15, 0.2) is 33.5 Å². The maximum atomic E-state index is 12.8. The zero-order valence-electron chi connectivity index (χ0n) is 24.4. The third-order valence-corrected chi connectivity index (χ3v) is 8.44. The van der Waals surface area contributed by atoms with Crippen LogP contribution >= 0.6 is 0 Å². The largest absolute Gasteiger partial charge is 0.598 e. The molecule has 0 aromatic heterocycles. The predicted octanol–water partition coefficient (Wildman–Crippen LogP) is 0.865. The molecule has 6 N–H and O–H groups in total. The van der Waals surface area contributed by atoms with Crippen LogP contribution < -0.4 is 22.1 Å². The van der Waals surface area contributed by atoms with Crippen LogP contribution in [0.25, 0.3) is 0 Å². The van der Waals surface area contributed by atoms with Gasteiger partial charge in [-0.15, -0.1) is 4.31 Å². The SMILES string of the molecule is NC=N/C(NC=O)=C(C=NC1CCN([S+]([O-])CCCNCCOCCOCCOCCN)CC1)/C=C\C1CCCC1. The molecular weight excluding hydrogens is 546 g/mol. The van der Waals surface area contributed by atoms with Crippen molar-refractivity contribution in [1.82, 2.24) is 14.9 Å². The Hall–Kier alpha value is -1.84. The van der Waals surface area contributed by atoms with Crippen molar-refractivity contribution in [2.75, 3.05) is 78.1 Å². The van der Waals surface area contributed by atoms with E-state index in [0.29, 0.717) is 70.1 Å². The number of carbonyl (C=O) groups excluding carboxylic acids is 1. The number of nitrogens with one attached hydrogen (secondary N) is 2. The number of ether oxygens (including phenoxy) is 3. The molecule has 0 aromatic carbocycles. The first-order valence-electron chi connectivity index (χ1n) is 14.9. The van der Waals surface area contributed by atoms with E-state index < -0.39 is 11.4 Å². The van der Waals surface area contributed by atoms with E-state index in [-0.39, 0.29) is 6.04 Å². The number of nitrogens with two attached hydrogens (primary N) is 2. The van der Waals surface area contributed by atoms with Crippen molar-refractivity contribution in [2.45, 2.75) is 51.0 Å². The van der Waals surface area contributed by atoms with Crippen molar-refractivity contribution in [3.8, 4) is 0 Å². The quantitative estimate of drug-likeness (QED) is 0.0333. The number of allylic oxidation sites excluding steroid dienone is 3. The van der Waals surface area contributed by atoms with Crippen molar-refractivity contribution in [3.05, 3.63) is 23.5 Å². The molecule has 2 fully saturated rings. The molecule has 1 aliphatic carbocycles.